The molecule has 0 aliphatic rings. The molecule has 8 heteroatoms. The Labute approximate surface area is 112 Å². The van der Waals surface area contributed by atoms with Crippen LogP contribution < -0.4 is 5.73 Å². The molecule has 0 saturated heterocycles. The molecule has 0 amide bonds. The predicted octanol–water partition coefficient (Wildman–Crippen LogP) is 2.22. The number of hydrogen-bond acceptors (Lipinski definition) is 6. The molecule has 0 radical (unpaired) electrons. The summed E-state index contributed by atoms with van der Waals surface area (Å²) in [7, 11) is 0. The third-order valence-corrected chi connectivity index (χ3v) is 2.74. The summed E-state index contributed by atoms with van der Waals surface area (Å²) in [5, 5.41) is 14.5. The van der Waals surface area contributed by atoms with Gasteiger partial charge in [0.25, 0.3) is 11.6 Å². The third-order valence-electron chi connectivity index (χ3n) is 2.74. The van der Waals surface area contributed by atoms with Gasteiger partial charge in [0.15, 0.2) is 0 Å². The molecule has 2 heterocycles. The second-order valence-electron chi connectivity index (χ2n) is 4.04. The van der Waals surface area contributed by atoms with Crippen LogP contribution in [0, 0.1) is 10.1 Å². The lowest BCUT2D eigenvalue weighted by Crippen LogP contribution is -1.94. The Hall–Kier alpha value is -3.16. The Morgan fingerprint density at radius 3 is 2.85 bits per heavy atom. The first-order valence-corrected chi connectivity index (χ1v) is 5.67. The quantitative estimate of drug-likeness (QED) is 0.427. The van der Waals surface area contributed by atoms with Crippen LogP contribution in [0.25, 0.3) is 23.0 Å². The summed E-state index contributed by atoms with van der Waals surface area (Å²) in [5.41, 5.74) is 7.07. The van der Waals surface area contributed by atoms with Crippen LogP contribution >= 0.6 is 0 Å². The number of benzene rings is 1. The van der Waals surface area contributed by atoms with Gasteiger partial charge < -0.3 is 15.2 Å². The number of nitrogens with one attached hydrogen (secondary N) is 1. The van der Waals surface area contributed by atoms with Crippen molar-refractivity contribution >= 4 is 11.4 Å². The van der Waals surface area contributed by atoms with Crippen LogP contribution in [-0.2, 0) is 0 Å². The van der Waals surface area contributed by atoms with Gasteiger partial charge in [0, 0.05) is 18.3 Å². The first-order valence-electron chi connectivity index (χ1n) is 5.67. The molecule has 0 aliphatic carbocycles. The molecule has 0 aliphatic heterocycles. The van der Waals surface area contributed by atoms with Crippen molar-refractivity contribution in [1.82, 2.24) is 15.1 Å². The van der Waals surface area contributed by atoms with Crippen molar-refractivity contribution in [3.8, 4) is 23.0 Å². The van der Waals surface area contributed by atoms with Crippen LogP contribution in [0.3, 0.4) is 0 Å². The van der Waals surface area contributed by atoms with Crippen molar-refractivity contribution in [2.24, 2.45) is 0 Å². The minimum absolute atomic E-state index is 0.0876. The fourth-order valence-corrected chi connectivity index (χ4v) is 1.77. The molecule has 0 spiro atoms. The van der Waals surface area contributed by atoms with E-state index in [4.69, 9.17) is 10.3 Å². The molecule has 3 N–H and O–H groups in total. The summed E-state index contributed by atoms with van der Waals surface area (Å²) >= 11 is 0. The van der Waals surface area contributed by atoms with Gasteiger partial charge in [-0.15, -0.1) is 0 Å². The number of anilines is 1. The molecule has 2 aromatic heterocycles. The maximum atomic E-state index is 10.7. The van der Waals surface area contributed by atoms with E-state index in [1.165, 1.54) is 18.2 Å². The van der Waals surface area contributed by atoms with E-state index in [0.717, 1.165) is 0 Å². The van der Waals surface area contributed by atoms with Gasteiger partial charge >= 0.3 is 0 Å². The number of aromatic nitrogens is 3. The van der Waals surface area contributed by atoms with Gasteiger partial charge in [-0.1, -0.05) is 5.16 Å². The highest BCUT2D eigenvalue weighted by Gasteiger charge is 2.16. The minimum atomic E-state index is -0.516. The SMILES string of the molecule is Nc1cc([N+](=O)[O-])ccc1-c1nc(-c2ccc[nH]2)no1. The maximum absolute atomic E-state index is 10.7. The molecule has 0 unspecified atom stereocenters. The second-order valence-corrected chi connectivity index (χ2v) is 4.04. The van der Waals surface area contributed by atoms with Crippen molar-refractivity contribution in [1.29, 1.82) is 0 Å². The van der Waals surface area contributed by atoms with E-state index >= 15 is 0 Å². The van der Waals surface area contributed by atoms with Crippen molar-refractivity contribution < 1.29 is 9.45 Å². The lowest BCUT2D eigenvalue weighted by Gasteiger charge is -1.99. The highest BCUT2D eigenvalue weighted by atomic mass is 16.6. The van der Waals surface area contributed by atoms with Gasteiger partial charge in [-0.25, -0.2) is 0 Å². The van der Waals surface area contributed by atoms with E-state index < -0.39 is 4.92 Å². The standard InChI is InChI=1S/C12H9N5O3/c13-9-6-7(17(18)19)3-4-8(9)12-15-11(16-20-12)10-2-1-5-14-10/h1-6,14H,13H2. The third kappa shape index (κ3) is 1.99. The summed E-state index contributed by atoms with van der Waals surface area (Å²) < 4.78 is 5.12. The number of nitro groups is 1. The lowest BCUT2D eigenvalue weighted by atomic mass is 10.1. The Kier molecular flexibility index (Phi) is 2.68. The molecule has 1 aromatic carbocycles. The maximum Gasteiger partial charge on any atom is 0.271 e. The molecule has 0 atom stereocenters. The van der Waals surface area contributed by atoms with Crippen molar-refractivity contribution in [2.75, 3.05) is 5.73 Å². The average Bonchev–Trinajstić information content (AvgIpc) is 3.09. The van der Waals surface area contributed by atoms with Gasteiger partial charge in [0.05, 0.1) is 21.9 Å². The normalized spacial score (nSPS) is 10.6. The number of H-pyrrole nitrogens is 1. The number of non-ortho nitro benzene ring substituents is 1. The summed E-state index contributed by atoms with van der Waals surface area (Å²) in [4.78, 5) is 17.3. The smallest absolute Gasteiger partial charge is 0.271 e. The summed E-state index contributed by atoms with van der Waals surface area (Å²) in [5.74, 6) is 0.602. The van der Waals surface area contributed by atoms with E-state index in [0.29, 0.717) is 17.1 Å². The molecule has 20 heavy (non-hydrogen) atoms. The molecular weight excluding hydrogens is 262 g/mol. The Balaban J connectivity index is 1.99. The first-order chi connectivity index (χ1) is 9.65. The topological polar surface area (TPSA) is 124 Å². The molecular formula is C12H9N5O3. The van der Waals surface area contributed by atoms with E-state index in [9.17, 15) is 10.1 Å². The van der Waals surface area contributed by atoms with Crippen LogP contribution in [0.5, 0.6) is 0 Å². The summed E-state index contributed by atoms with van der Waals surface area (Å²) in [6.07, 6.45) is 1.74. The second kappa shape index (κ2) is 4.50. The van der Waals surface area contributed by atoms with Crippen LogP contribution in [0.15, 0.2) is 41.1 Å². The Morgan fingerprint density at radius 1 is 1.35 bits per heavy atom. The highest BCUT2D eigenvalue weighted by molar-refractivity contribution is 5.73. The summed E-state index contributed by atoms with van der Waals surface area (Å²) in [6.45, 7) is 0. The van der Waals surface area contributed by atoms with Gasteiger partial charge in [-0.2, -0.15) is 4.98 Å². The zero-order chi connectivity index (χ0) is 14.1. The zero-order valence-corrected chi connectivity index (χ0v) is 10.1. The predicted molar refractivity (Wildman–Crippen MR) is 70.6 cm³/mol. The van der Waals surface area contributed by atoms with Crippen molar-refractivity contribution in [3.63, 3.8) is 0 Å². The zero-order valence-electron chi connectivity index (χ0n) is 10.1. The van der Waals surface area contributed by atoms with Gasteiger partial charge in [0.1, 0.15) is 0 Å². The average molecular weight is 271 g/mol. The molecule has 0 fully saturated rings. The number of hydrogen-bond donors (Lipinski definition) is 2. The van der Waals surface area contributed by atoms with Gasteiger partial charge in [-0.3, -0.25) is 10.1 Å². The number of nitrogen functional groups attached to an aromatic ring is 1. The molecule has 0 saturated carbocycles. The van der Waals surface area contributed by atoms with Crippen LogP contribution in [0.2, 0.25) is 0 Å². The Morgan fingerprint density at radius 2 is 2.20 bits per heavy atom. The first kappa shape index (κ1) is 11.9. The van der Waals surface area contributed by atoms with Gasteiger partial charge in [0.2, 0.25) is 5.82 Å². The fraction of sp³-hybridized carbons (Fsp3) is 0. The Bertz CT molecular complexity index is 763. The monoisotopic (exact) mass is 271 g/mol. The van der Waals surface area contributed by atoms with E-state index in [1.807, 2.05) is 6.07 Å². The molecule has 8 nitrogen and oxygen atoms in total. The fourth-order valence-electron chi connectivity index (χ4n) is 1.77. The summed E-state index contributed by atoms with van der Waals surface area (Å²) in [6, 6.07) is 7.69. The number of aromatic amines is 1. The minimum Gasteiger partial charge on any atom is -0.398 e. The van der Waals surface area contributed by atoms with Crippen LogP contribution in [0.4, 0.5) is 11.4 Å². The van der Waals surface area contributed by atoms with Crippen molar-refractivity contribution in [2.45, 2.75) is 0 Å². The largest absolute Gasteiger partial charge is 0.398 e. The molecule has 3 rings (SSSR count). The van der Waals surface area contributed by atoms with Gasteiger partial charge in [-0.05, 0) is 18.2 Å². The molecule has 3 aromatic rings. The number of nitro benzene ring substituents is 1. The molecule has 0 bridgehead atoms. The lowest BCUT2D eigenvalue weighted by molar-refractivity contribution is -0.384. The van der Waals surface area contributed by atoms with Crippen LogP contribution in [-0.4, -0.2) is 20.0 Å². The van der Waals surface area contributed by atoms with E-state index in [2.05, 4.69) is 15.1 Å². The number of nitrogens with two attached hydrogens (primary N) is 1. The number of nitrogens with zero attached hydrogens (tertiary/aromatic N) is 3. The van der Waals surface area contributed by atoms with Crippen molar-refractivity contribution in [3.05, 3.63) is 46.6 Å². The van der Waals surface area contributed by atoms with E-state index in [-0.39, 0.29) is 17.3 Å². The number of rotatable bonds is 3. The van der Waals surface area contributed by atoms with Crippen LogP contribution in [0.1, 0.15) is 0 Å². The highest BCUT2D eigenvalue weighted by Crippen LogP contribution is 2.29. The van der Waals surface area contributed by atoms with E-state index in [1.54, 1.807) is 12.3 Å². The molecule has 100 valence electrons.